The van der Waals surface area contributed by atoms with Crippen LogP contribution < -0.4 is 5.32 Å². The molecule has 2 aromatic carbocycles. The van der Waals surface area contributed by atoms with E-state index in [9.17, 15) is 4.39 Å². The summed E-state index contributed by atoms with van der Waals surface area (Å²) < 4.78 is 25.4. The molecular weight excluding hydrogens is 305 g/mol. The lowest BCUT2D eigenvalue weighted by atomic mass is 9.82. The number of anilines is 1. The standard InChI is InChI=1S/C20H22FNO2/c1-20(2,3)13-7-8-16-15(10-13)18-19(24-11-23-18)17(22-16)12-5-4-6-14(21)9-12/h4-10,17-19,22H,11H2,1-3H3. The quantitative estimate of drug-likeness (QED) is 0.823. The van der Waals surface area contributed by atoms with Gasteiger partial charge in [-0.15, -0.1) is 0 Å². The molecule has 0 amide bonds. The van der Waals surface area contributed by atoms with Crippen LogP contribution in [0, 0.1) is 5.82 Å². The van der Waals surface area contributed by atoms with E-state index >= 15 is 0 Å². The fourth-order valence-electron chi connectivity index (χ4n) is 3.53. The molecule has 0 aliphatic carbocycles. The van der Waals surface area contributed by atoms with Gasteiger partial charge in [0.1, 0.15) is 24.8 Å². The normalized spacial score (nSPS) is 25.8. The number of hydrogen-bond acceptors (Lipinski definition) is 3. The third-order valence-electron chi connectivity index (χ3n) is 4.88. The van der Waals surface area contributed by atoms with Crippen molar-refractivity contribution < 1.29 is 13.9 Å². The van der Waals surface area contributed by atoms with Gasteiger partial charge in [0.05, 0.1) is 6.04 Å². The summed E-state index contributed by atoms with van der Waals surface area (Å²) in [4.78, 5) is 0. The number of ether oxygens (including phenoxy) is 2. The van der Waals surface area contributed by atoms with Crippen LogP contribution >= 0.6 is 0 Å². The van der Waals surface area contributed by atoms with Crippen molar-refractivity contribution in [1.29, 1.82) is 0 Å². The van der Waals surface area contributed by atoms with E-state index in [2.05, 4.69) is 44.3 Å². The molecule has 0 radical (unpaired) electrons. The zero-order chi connectivity index (χ0) is 16.9. The van der Waals surface area contributed by atoms with Crippen LogP contribution in [0.1, 0.15) is 49.6 Å². The van der Waals surface area contributed by atoms with Crippen LogP contribution in [0.5, 0.6) is 0 Å². The molecule has 2 heterocycles. The Morgan fingerprint density at radius 2 is 1.92 bits per heavy atom. The molecule has 126 valence electrons. The van der Waals surface area contributed by atoms with Crippen molar-refractivity contribution in [2.24, 2.45) is 0 Å². The first kappa shape index (κ1) is 15.6. The number of hydrogen-bond donors (Lipinski definition) is 1. The van der Waals surface area contributed by atoms with Crippen molar-refractivity contribution in [2.45, 2.75) is 44.4 Å². The van der Waals surface area contributed by atoms with Gasteiger partial charge in [-0.2, -0.15) is 0 Å². The van der Waals surface area contributed by atoms with Crippen LogP contribution in [0.2, 0.25) is 0 Å². The number of rotatable bonds is 1. The first-order chi connectivity index (χ1) is 11.4. The van der Waals surface area contributed by atoms with Crippen LogP contribution in [0.4, 0.5) is 10.1 Å². The average molecular weight is 327 g/mol. The van der Waals surface area contributed by atoms with E-state index in [4.69, 9.17) is 9.47 Å². The second-order valence-electron chi connectivity index (χ2n) is 7.57. The third-order valence-corrected chi connectivity index (χ3v) is 4.88. The predicted octanol–water partition coefficient (Wildman–Crippen LogP) is 4.70. The van der Waals surface area contributed by atoms with Gasteiger partial charge in [0, 0.05) is 11.3 Å². The predicted molar refractivity (Wildman–Crippen MR) is 91.5 cm³/mol. The van der Waals surface area contributed by atoms with E-state index in [1.54, 1.807) is 12.1 Å². The topological polar surface area (TPSA) is 30.5 Å². The van der Waals surface area contributed by atoms with Crippen LogP contribution in [-0.4, -0.2) is 12.9 Å². The Morgan fingerprint density at radius 3 is 2.67 bits per heavy atom. The lowest BCUT2D eigenvalue weighted by Gasteiger charge is -2.36. The molecule has 1 fully saturated rings. The number of nitrogens with one attached hydrogen (secondary N) is 1. The molecule has 1 N–H and O–H groups in total. The molecular formula is C20H22FNO2. The molecule has 3 unspecified atom stereocenters. The summed E-state index contributed by atoms with van der Waals surface area (Å²) in [5.74, 6) is -0.237. The highest BCUT2D eigenvalue weighted by Crippen LogP contribution is 2.46. The fraction of sp³-hybridized carbons (Fsp3) is 0.400. The summed E-state index contributed by atoms with van der Waals surface area (Å²) in [7, 11) is 0. The second-order valence-corrected chi connectivity index (χ2v) is 7.57. The van der Waals surface area contributed by atoms with Crippen molar-refractivity contribution in [2.75, 3.05) is 12.1 Å². The largest absolute Gasteiger partial charge is 0.375 e. The molecule has 24 heavy (non-hydrogen) atoms. The maximum absolute atomic E-state index is 13.6. The number of benzene rings is 2. The summed E-state index contributed by atoms with van der Waals surface area (Å²) in [6.45, 7) is 6.86. The van der Waals surface area contributed by atoms with E-state index in [0.717, 1.165) is 16.8 Å². The molecule has 0 spiro atoms. The summed E-state index contributed by atoms with van der Waals surface area (Å²) in [6.07, 6.45) is -0.286. The Labute approximate surface area is 141 Å². The Balaban J connectivity index is 1.77. The van der Waals surface area contributed by atoms with Gasteiger partial charge in [-0.25, -0.2) is 4.39 Å². The summed E-state index contributed by atoms with van der Waals surface area (Å²) >= 11 is 0. The molecule has 0 saturated carbocycles. The van der Waals surface area contributed by atoms with E-state index in [1.165, 1.54) is 11.6 Å². The number of halogens is 1. The minimum atomic E-state index is -0.237. The molecule has 2 aromatic rings. The van der Waals surface area contributed by atoms with E-state index < -0.39 is 0 Å². The van der Waals surface area contributed by atoms with Crippen LogP contribution in [0.3, 0.4) is 0 Å². The average Bonchev–Trinajstić information content (AvgIpc) is 3.02. The maximum Gasteiger partial charge on any atom is 0.148 e. The van der Waals surface area contributed by atoms with E-state index in [1.807, 2.05) is 6.07 Å². The molecule has 3 nitrogen and oxygen atoms in total. The SMILES string of the molecule is CC(C)(C)c1ccc2c(c1)C1OCOC1C(c1cccc(F)c1)N2. The highest BCUT2D eigenvalue weighted by Gasteiger charge is 2.43. The zero-order valence-electron chi connectivity index (χ0n) is 14.2. The van der Waals surface area contributed by atoms with Gasteiger partial charge in [-0.3, -0.25) is 0 Å². The maximum atomic E-state index is 13.6. The van der Waals surface area contributed by atoms with E-state index in [-0.39, 0.29) is 36.3 Å². The Kier molecular flexibility index (Phi) is 3.62. The van der Waals surface area contributed by atoms with Crippen molar-refractivity contribution in [1.82, 2.24) is 0 Å². The highest BCUT2D eigenvalue weighted by atomic mass is 19.1. The zero-order valence-corrected chi connectivity index (χ0v) is 14.2. The molecule has 0 bridgehead atoms. The van der Waals surface area contributed by atoms with Crippen LogP contribution in [0.25, 0.3) is 0 Å². The van der Waals surface area contributed by atoms with Gasteiger partial charge in [0.15, 0.2) is 0 Å². The first-order valence-electron chi connectivity index (χ1n) is 8.33. The second kappa shape index (κ2) is 5.57. The molecule has 2 aliphatic rings. The smallest absolute Gasteiger partial charge is 0.148 e. The molecule has 0 aromatic heterocycles. The lowest BCUT2D eigenvalue weighted by molar-refractivity contribution is 0.0367. The summed E-state index contributed by atoms with van der Waals surface area (Å²) in [5, 5.41) is 3.52. The van der Waals surface area contributed by atoms with Crippen molar-refractivity contribution >= 4 is 5.69 Å². The molecule has 4 rings (SSSR count). The van der Waals surface area contributed by atoms with Crippen LogP contribution in [-0.2, 0) is 14.9 Å². The van der Waals surface area contributed by atoms with Gasteiger partial charge in [0.25, 0.3) is 0 Å². The van der Waals surface area contributed by atoms with Gasteiger partial charge < -0.3 is 14.8 Å². The summed E-state index contributed by atoms with van der Waals surface area (Å²) in [6, 6.07) is 13.0. The van der Waals surface area contributed by atoms with E-state index in [0.29, 0.717) is 0 Å². The first-order valence-corrected chi connectivity index (χ1v) is 8.33. The minimum absolute atomic E-state index is 0.0728. The van der Waals surface area contributed by atoms with Gasteiger partial charge in [-0.1, -0.05) is 45.0 Å². The minimum Gasteiger partial charge on any atom is -0.375 e. The summed E-state index contributed by atoms with van der Waals surface area (Å²) in [5.41, 5.74) is 4.37. The highest BCUT2D eigenvalue weighted by molar-refractivity contribution is 5.59. The third kappa shape index (κ3) is 2.60. The van der Waals surface area contributed by atoms with Crippen molar-refractivity contribution in [3.05, 3.63) is 65.0 Å². The van der Waals surface area contributed by atoms with Crippen molar-refractivity contribution in [3.8, 4) is 0 Å². The Bertz CT molecular complexity index is 768. The molecule has 2 aliphatic heterocycles. The fourth-order valence-corrected chi connectivity index (χ4v) is 3.53. The van der Waals surface area contributed by atoms with Crippen molar-refractivity contribution in [3.63, 3.8) is 0 Å². The molecule has 3 atom stereocenters. The van der Waals surface area contributed by atoms with Gasteiger partial charge in [-0.05, 0) is 34.7 Å². The van der Waals surface area contributed by atoms with Gasteiger partial charge >= 0.3 is 0 Å². The lowest BCUT2D eigenvalue weighted by Crippen LogP contribution is -2.34. The Morgan fingerprint density at radius 1 is 1.08 bits per heavy atom. The van der Waals surface area contributed by atoms with Crippen LogP contribution in [0.15, 0.2) is 42.5 Å². The molecule has 1 saturated heterocycles. The number of fused-ring (bicyclic) bond motifs is 3. The monoisotopic (exact) mass is 327 g/mol. The van der Waals surface area contributed by atoms with Gasteiger partial charge in [0.2, 0.25) is 0 Å². The molecule has 4 heteroatoms. The Hall–Kier alpha value is -1.91.